The molecule has 1 rings (SSSR count). The van der Waals surface area contributed by atoms with Crippen molar-refractivity contribution in [2.75, 3.05) is 6.61 Å². The molecule has 0 saturated carbocycles. The number of ether oxygens (including phenoxy) is 1. The Morgan fingerprint density at radius 1 is 1.41 bits per heavy atom. The predicted molar refractivity (Wildman–Crippen MR) is 71.6 cm³/mol. The van der Waals surface area contributed by atoms with Crippen molar-refractivity contribution in [3.63, 3.8) is 0 Å². The Balaban J connectivity index is 2.66. The quantitative estimate of drug-likeness (QED) is 0.457. The zero-order chi connectivity index (χ0) is 12.7. The summed E-state index contributed by atoms with van der Waals surface area (Å²) in [7, 11) is 0. The third-order valence-corrected chi connectivity index (χ3v) is 5.41. The van der Waals surface area contributed by atoms with E-state index in [2.05, 4.69) is 32.6 Å². The van der Waals surface area contributed by atoms with Gasteiger partial charge in [0.2, 0.25) is 0 Å². The van der Waals surface area contributed by atoms with E-state index in [1.807, 2.05) is 18.2 Å². The fraction of sp³-hybridized carbons (Fsp3) is 0.357. The molecule has 3 heteroatoms. The van der Waals surface area contributed by atoms with Gasteiger partial charge in [0, 0.05) is 0 Å². The van der Waals surface area contributed by atoms with E-state index < -0.39 is 0 Å². The maximum absolute atomic E-state index is 11.9. The summed E-state index contributed by atoms with van der Waals surface area (Å²) in [5.74, 6) is 0.191. The SMILES string of the molecule is C=CCOC(=O)C([Se]c1ccccc1)C(C)C. The zero-order valence-electron chi connectivity index (χ0n) is 10.3. The Kier molecular flexibility index (Phi) is 6.02. The van der Waals surface area contributed by atoms with Crippen LogP contribution in [0.2, 0.25) is 4.82 Å². The van der Waals surface area contributed by atoms with Gasteiger partial charge in [0.05, 0.1) is 0 Å². The topological polar surface area (TPSA) is 26.3 Å². The van der Waals surface area contributed by atoms with Gasteiger partial charge in [-0.2, -0.15) is 0 Å². The van der Waals surface area contributed by atoms with Crippen LogP contribution in [0.3, 0.4) is 0 Å². The summed E-state index contributed by atoms with van der Waals surface area (Å²) in [6.07, 6.45) is 1.60. The van der Waals surface area contributed by atoms with Crippen LogP contribution in [-0.2, 0) is 9.53 Å². The molecule has 0 amide bonds. The molecule has 1 aromatic rings. The number of hydrogen-bond donors (Lipinski definition) is 0. The van der Waals surface area contributed by atoms with E-state index >= 15 is 0 Å². The Hall–Kier alpha value is -1.05. The predicted octanol–water partition coefficient (Wildman–Crippen LogP) is 2.19. The fourth-order valence-corrected chi connectivity index (χ4v) is 3.52. The third-order valence-electron chi connectivity index (χ3n) is 2.19. The Labute approximate surface area is 109 Å². The molecule has 0 heterocycles. The van der Waals surface area contributed by atoms with Gasteiger partial charge < -0.3 is 0 Å². The molecule has 1 aromatic carbocycles. The van der Waals surface area contributed by atoms with Gasteiger partial charge in [-0.05, 0) is 0 Å². The van der Waals surface area contributed by atoms with Gasteiger partial charge in [-0.15, -0.1) is 0 Å². The number of rotatable bonds is 6. The number of carbonyl (C=O) groups excluding carboxylic acids is 1. The van der Waals surface area contributed by atoms with Gasteiger partial charge in [0.15, 0.2) is 0 Å². The number of benzene rings is 1. The molecule has 0 N–H and O–H groups in total. The Morgan fingerprint density at radius 2 is 2.06 bits per heavy atom. The van der Waals surface area contributed by atoms with Crippen molar-refractivity contribution in [1.29, 1.82) is 0 Å². The fourth-order valence-electron chi connectivity index (χ4n) is 1.33. The summed E-state index contributed by atoms with van der Waals surface area (Å²) in [5, 5.41) is 0. The number of hydrogen-bond acceptors (Lipinski definition) is 2. The van der Waals surface area contributed by atoms with Crippen molar-refractivity contribution in [2.45, 2.75) is 18.7 Å². The maximum atomic E-state index is 11.9. The summed E-state index contributed by atoms with van der Waals surface area (Å²) in [6, 6.07) is 10.1. The molecule has 0 fully saturated rings. The van der Waals surface area contributed by atoms with E-state index in [9.17, 15) is 4.79 Å². The van der Waals surface area contributed by atoms with Gasteiger partial charge >= 0.3 is 109 Å². The van der Waals surface area contributed by atoms with Crippen LogP contribution in [0, 0.1) is 5.92 Å². The molecular formula is C14H18O2Se. The standard InChI is InChI=1S/C14H18O2Se/c1-4-10-16-14(15)13(11(2)3)17-12-8-6-5-7-9-12/h4-9,11,13H,1,10H2,2-3H3. The van der Waals surface area contributed by atoms with Crippen LogP contribution >= 0.6 is 0 Å². The normalized spacial score (nSPS) is 12.2. The molecule has 0 aliphatic carbocycles. The zero-order valence-corrected chi connectivity index (χ0v) is 12.0. The molecule has 0 spiro atoms. The molecule has 1 unspecified atom stereocenters. The molecular weight excluding hydrogens is 279 g/mol. The van der Waals surface area contributed by atoms with Crippen molar-refractivity contribution < 1.29 is 9.53 Å². The van der Waals surface area contributed by atoms with Gasteiger partial charge in [0.1, 0.15) is 0 Å². The van der Waals surface area contributed by atoms with Gasteiger partial charge in [0.25, 0.3) is 0 Å². The summed E-state index contributed by atoms with van der Waals surface area (Å²) in [5.41, 5.74) is 0. The van der Waals surface area contributed by atoms with Crippen molar-refractivity contribution >= 4 is 25.4 Å². The monoisotopic (exact) mass is 298 g/mol. The molecule has 0 saturated heterocycles. The minimum absolute atomic E-state index is 0.0233. The van der Waals surface area contributed by atoms with Gasteiger partial charge in [-0.1, -0.05) is 0 Å². The Bertz CT molecular complexity index is 360. The summed E-state index contributed by atoms with van der Waals surface area (Å²) < 4.78 is 6.38. The molecule has 0 radical (unpaired) electrons. The van der Waals surface area contributed by atoms with E-state index in [1.165, 1.54) is 4.46 Å². The van der Waals surface area contributed by atoms with E-state index in [1.54, 1.807) is 6.08 Å². The third kappa shape index (κ3) is 4.76. The second kappa shape index (κ2) is 7.31. The van der Waals surface area contributed by atoms with Crippen LogP contribution in [-0.4, -0.2) is 27.5 Å². The van der Waals surface area contributed by atoms with Crippen LogP contribution in [0.1, 0.15) is 13.8 Å². The first kappa shape index (κ1) is 14.0. The molecule has 0 aliphatic heterocycles. The first-order valence-corrected chi connectivity index (χ1v) is 7.49. The number of carbonyl (C=O) groups is 1. The second-order valence-corrected chi connectivity index (χ2v) is 6.56. The summed E-state index contributed by atoms with van der Waals surface area (Å²) in [6.45, 7) is 7.97. The average Bonchev–Trinajstić information content (AvgIpc) is 2.34. The molecule has 92 valence electrons. The molecule has 1 atom stereocenters. The van der Waals surface area contributed by atoms with Crippen LogP contribution in [0.15, 0.2) is 43.0 Å². The Morgan fingerprint density at radius 3 is 2.59 bits per heavy atom. The average molecular weight is 297 g/mol. The molecule has 0 bridgehead atoms. The van der Waals surface area contributed by atoms with Crippen molar-refractivity contribution in [2.24, 2.45) is 5.92 Å². The van der Waals surface area contributed by atoms with Crippen LogP contribution in [0.5, 0.6) is 0 Å². The van der Waals surface area contributed by atoms with Crippen LogP contribution in [0.25, 0.3) is 0 Å². The first-order valence-electron chi connectivity index (χ1n) is 5.64. The van der Waals surface area contributed by atoms with Crippen molar-refractivity contribution in [3.05, 3.63) is 43.0 Å². The number of esters is 1. The van der Waals surface area contributed by atoms with Gasteiger partial charge in [-0.3, -0.25) is 0 Å². The van der Waals surface area contributed by atoms with Crippen molar-refractivity contribution in [3.8, 4) is 0 Å². The van der Waals surface area contributed by atoms with Crippen LogP contribution < -0.4 is 4.46 Å². The van der Waals surface area contributed by atoms with E-state index in [0.717, 1.165) is 0 Å². The van der Waals surface area contributed by atoms with Crippen LogP contribution in [0.4, 0.5) is 0 Å². The van der Waals surface area contributed by atoms with Gasteiger partial charge in [-0.25, -0.2) is 0 Å². The molecule has 17 heavy (non-hydrogen) atoms. The van der Waals surface area contributed by atoms with E-state index in [0.29, 0.717) is 12.5 Å². The second-order valence-electron chi connectivity index (χ2n) is 4.01. The summed E-state index contributed by atoms with van der Waals surface area (Å²) in [4.78, 5) is 11.9. The molecule has 2 nitrogen and oxygen atoms in total. The van der Waals surface area contributed by atoms with E-state index in [-0.39, 0.29) is 25.7 Å². The molecule has 0 aromatic heterocycles. The van der Waals surface area contributed by atoms with Crippen molar-refractivity contribution in [1.82, 2.24) is 0 Å². The summed E-state index contributed by atoms with van der Waals surface area (Å²) >= 11 is 0.119. The van der Waals surface area contributed by atoms with E-state index in [4.69, 9.17) is 4.74 Å². The molecule has 0 aliphatic rings. The minimum atomic E-state index is -0.108. The first-order chi connectivity index (χ1) is 8.15.